The van der Waals surface area contributed by atoms with Crippen molar-refractivity contribution in [3.8, 4) is 0 Å². The molecule has 17 heavy (non-hydrogen) atoms. The smallest absolute Gasteiger partial charge is 0.132 e. The summed E-state index contributed by atoms with van der Waals surface area (Å²) in [5.74, 6) is 2.54. The van der Waals surface area contributed by atoms with Crippen molar-refractivity contribution in [3.63, 3.8) is 0 Å². The Bertz CT molecular complexity index is 487. The van der Waals surface area contributed by atoms with Gasteiger partial charge in [-0.15, -0.1) is 0 Å². The summed E-state index contributed by atoms with van der Waals surface area (Å²) in [4.78, 5) is 10.8. The van der Waals surface area contributed by atoms with E-state index in [1.54, 1.807) is 0 Å². The summed E-state index contributed by atoms with van der Waals surface area (Å²) in [5.41, 5.74) is 0. The topological polar surface area (TPSA) is 46.8 Å². The molecular formula is C12H15N5. The van der Waals surface area contributed by atoms with Gasteiger partial charge >= 0.3 is 0 Å². The largest absolute Gasteiger partial charge is 0.356 e. The Kier molecular flexibility index (Phi) is 2.51. The van der Waals surface area contributed by atoms with E-state index in [4.69, 9.17) is 0 Å². The maximum absolute atomic E-state index is 4.42. The summed E-state index contributed by atoms with van der Waals surface area (Å²) in [7, 11) is 0. The predicted octanol–water partition coefficient (Wildman–Crippen LogP) is 1.12. The maximum Gasteiger partial charge on any atom is 0.132 e. The lowest BCUT2D eigenvalue weighted by molar-refractivity contribution is 0.340. The van der Waals surface area contributed by atoms with Crippen LogP contribution in [0.25, 0.3) is 0 Å². The van der Waals surface area contributed by atoms with Crippen molar-refractivity contribution in [2.45, 2.75) is 13.5 Å². The molecule has 0 aromatic carbocycles. The van der Waals surface area contributed by atoms with Gasteiger partial charge in [0, 0.05) is 44.1 Å². The van der Waals surface area contributed by atoms with Crippen LogP contribution in [-0.4, -0.2) is 32.8 Å². The van der Waals surface area contributed by atoms with Crippen molar-refractivity contribution in [1.82, 2.24) is 19.7 Å². The Morgan fingerprint density at radius 1 is 1.35 bits per heavy atom. The van der Waals surface area contributed by atoms with Gasteiger partial charge in [0.1, 0.15) is 11.6 Å². The Labute approximate surface area is 100 Å². The minimum atomic E-state index is 0.671. The third kappa shape index (κ3) is 2.13. The summed E-state index contributed by atoms with van der Waals surface area (Å²) < 4.78 is 1.99. The third-order valence-electron chi connectivity index (χ3n) is 3.05. The minimum absolute atomic E-state index is 0.671. The van der Waals surface area contributed by atoms with Gasteiger partial charge in [0.25, 0.3) is 0 Å². The van der Waals surface area contributed by atoms with Gasteiger partial charge in [0.05, 0.1) is 0 Å². The van der Waals surface area contributed by atoms with Crippen molar-refractivity contribution >= 4 is 5.82 Å². The molecule has 1 saturated heterocycles. The standard InChI is InChI=1S/C12H15N5/c1-10-13-5-3-12(15-10)16-7-11(8-16)9-17-6-2-4-14-17/h2-6,11H,7-9H2,1H3. The zero-order valence-electron chi connectivity index (χ0n) is 9.82. The molecule has 0 radical (unpaired) electrons. The maximum atomic E-state index is 4.42. The van der Waals surface area contributed by atoms with Gasteiger partial charge in [-0.3, -0.25) is 4.68 Å². The van der Waals surface area contributed by atoms with E-state index in [-0.39, 0.29) is 0 Å². The molecule has 1 aliphatic heterocycles. The highest BCUT2D eigenvalue weighted by molar-refractivity contribution is 5.40. The zero-order valence-corrected chi connectivity index (χ0v) is 9.82. The fourth-order valence-corrected chi connectivity index (χ4v) is 2.17. The Hall–Kier alpha value is -1.91. The van der Waals surface area contributed by atoms with Crippen LogP contribution < -0.4 is 4.90 Å². The van der Waals surface area contributed by atoms with Crippen molar-refractivity contribution in [3.05, 3.63) is 36.5 Å². The van der Waals surface area contributed by atoms with Gasteiger partial charge in [-0.05, 0) is 19.1 Å². The van der Waals surface area contributed by atoms with E-state index in [1.807, 2.05) is 42.3 Å². The SMILES string of the molecule is Cc1nccc(N2CC(Cn3cccn3)C2)n1. The molecule has 0 aliphatic carbocycles. The number of anilines is 1. The average molecular weight is 229 g/mol. The normalized spacial score (nSPS) is 15.9. The Morgan fingerprint density at radius 2 is 2.24 bits per heavy atom. The predicted molar refractivity (Wildman–Crippen MR) is 64.7 cm³/mol. The first kappa shape index (κ1) is 10.3. The van der Waals surface area contributed by atoms with E-state index in [9.17, 15) is 0 Å². The Morgan fingerprint density at radius 3 is 2.94 bits per heavy atom. The van der Waals surface area contributed by atoms with Crippen LogP contribution in [0.15, 0.2) is 30.7 Å². The first-order valence-electron chi connectivity index (χ1n) is 5.83. The van der Waals surface area contributed by atoms with Crippen LogP contribution in [0.4, 0.5) is 5.82 Å². The fraction of sp³-hybridized carbons (Fsp3) is 0.417. The van der Waals surface area contributed by atoms with Crippen LogP contribution in [0.5, 0.6) is 0 Å². The lowest BCUT2D eigenvalue weighted by Gasteiger charge is -2.40. The van der Waals surface area contributed by atoms with Gasteiger partial charge in [0.15, 0.2) is 0 Å². The van der Waals surface area contributed by atoms with Gasteiger partial charge in [-0.1, -0.05) is 0 Å². The van der Waals surface area contributed by atoms with Crippen LogP contribution in [0.3, 0.4) is 0 Å². The van der Waals surface area contributed by atoms with E-state index >= 15 is 0 Å². The van der Waals surface area contributed by atoms with E-state index < -0.39 is 0 Å². The van der Waals surface area contributed by atoms with Crippen LogP contribution in [0, 0.1) is 12.8 Å². The number of rotatable bonds is 3. The summed E-state index contributed by atoms with van der Waals surface area (Å²) in [6, 6.07) is 3.93. The molecule has 5 nitrogen and oxygen atoms in total. The molecule has 1 aliphatic rings. The van der Waals surface area contributed by atoms with Gasteiger partial charge in [-0.2, -0.15) is 5.10 Å². The number of hydrogen-bond acceptors (Lipinski definition) is 4. The first-order chi connectivity index (χ1) is 8.31. The molecule has 2 aromatic rings. The molecule has 3 heterocycles. The molecule has 2 aromatic heterocycles. The van der Waals surface area contributed by atoms with Crippen molar-refractivity contribution in [2.24, 2.45) is 5.92 Å². The monoisotopic (exact) mass is 229 g/mol. The second-order valence-corrected chi connectivity index (χ2v) is 4.46. The van der Waals surface area contributed by atoms with Crippen LogP contribution in [0.1, 0.15) is 5.82 Å². The molecule has 88 valence electrons. The minimum Gasteiger partial charge on any atom is -0.356 e. The molecule has 0 saturated carbocycles. The molecule has 0 unspecified atom stereocenters. The molecule has 3 rings (SSSR count). The zero-order chi connectivity index (χ0) is 11.7. The number of aryl methyl sites for hydroxylation is 1. The highest BCUT2D eigenvalue weighted by Crippen LogP contribution is 2.23. The molecule has 5 heteroatoms. The van der Waals surface area contributed by atoms with E-state index in [2.05, 4.69) is 20.0 Å². The van der Waals surface area contributed by atoms with Crippen LogP contribution >= 0.6 is 0 Å². The molecule has 0 atom stereocenters. The molecule has 1 fully saturated rings. The average Bonchev–Trinajstić information content (AvgIpc) is 2.75. The van der Waals surface area contributed by atoms with E-state index in [0.29, 0.717) is 5.92 Å². The lowest BCUT2D eigenvalue weighted by atomic mass is 10.0. The van der Waals surface area contributed by atoms with Gasteiger partial charge in [0.2, 0.25) is 0 Å². The Balaban J connectivity index is 1.58. The number of hydrogen-bond donors (Lipinski definition) is 0. The van der Waals surface area contributed by atoms with Crippen molar-refractivity contribution in [1.29, 1.82) is 0 Å². The lowest BCUT2D eigenvalue weighted by Crippen LogP contribution is -2.49. The highest BCUT2D eigenvalue weighted by atomic mass is 15.3. The van der Waals surface area contributed by atoms with Gasteiger partial charge < -0.3 is 4.90 Å². The summed E-state index contributed by atoms with van der Waals surface area (Å²) in [6.45, 7) is 5.02. The fourth-order valence-electron chi connectivity index (χ4n) is 2.17. The van der Waals surface area contributed by atoms with Crippen molar-refractivity contribution < 1.29 is 0 Å². The molecule has 0 N–H and O–H groups in total. The first-order valence-corrected chi connectivity index (χ1v) is 5.83. The molecule has 0 spiro atoms. The van der Waals surface area contributed by atoms with Gasteiger partial charge in [-0.25, -0.2) is 9.97 Å². The summed E-state index contributed by atoms with van der Waals surface area (Å²) in [6.07, 6.45) is 5.65. The third-order valence-corrected chi connectivity index (χ3v) is 3.05. The number of aromatic nitrogens is 4. The molecular weight excluding hydrogens is 214 g/mol. The molecule has 0 amide bonds. The quantitative estimate of drug-likeness (QED) is 0.791. The van der Waals surface area contributed by atoms with Crippen molar-refractivity contribution in [2.75, 3.05) is 18.0 Å². The number of nitrogens with zero attached hydrogens (tertiary/aromatic N) is 5. The van der Waals surface area contributed by atoms with E-state index in [1.165, 1.54) is 0 Å². The van der Waals surface area contributed by atoms with Crippen LogP contribution in [0.2, 0.25) is 0 Å². The summed E-state index contributed by atoms with van der Waals surface area (Å²) >= 11 is 0. The van der Waals surface area contributed by atoms with Crippen LogP contribution in [-0.2, 0) is 6.54 Å². The highest BCUT2D eigenvalue weighted by Gasteiger charge is 2.28. The van der Waals surface area contributed by atoms with E-state index in [0.717, 1.165) is 31.3 Å². The summed E-state index contributed by atoms with van der Waals surface area (Å²) in [5, 5.41) is 4.22. The molecule has 0 bridgehead atoms. The second-order valence-electron chi connectivity index (χ2n) is 4.46. The second kappa shape index (κ2) is 4.16.